The first kappa shape index (κ1) is 15.3. The van der Waals surface area contributed by atoms with E-state index in [9.17, 15) is 8.78 Å². The summed E-state index contributed by atoms with van der Waals surface area (Å²) in [6.07, 6.45) is 0. The molecule has 1 atom stereocenters. The van der Waals surface area contributed by atoms with Crippen LogP contribution in [-0.2, 0) is 0 Å². The number of aryl methyl sites for hydroxylation is 1. The first-order valence-electron chi connectivity index (χ1n) is 6.95. The van der Waals surface area contributed by atoms with Crippen molar-refractivity contribution in [2.45, 2.75) is 26.8 Å². The molecule has 21 heavy (non-hydrogen) atoms. The summed E-state index contributed by atoms with van der Waals surface area (Å²) in [7, 11) is 0. The molecule has 2 nitrogen and oxygen atoms in total. The monoisotopic (exact) mass is 291 g/mol. The number of benzene rings is 2. The maximum absolute atomic E-state index is 13.3. The summed E-state index contributed by atoms with van der Waals surface area (Å²) in [4.78, 5) is 0. The molecule has 0 bridgehead atoms. The quantitative estimate of drug-likeness (QED) is 0.850. The molecule has 0 fully saturated rings. The Balaban J connectivity index is 2.24. The summed E-state index contributed by atoms with van der Waals surface area (Å²) in [6, 6.07) is 9.09. The Kier molecular flexibility index (Phi) is 4.78. The van der Waals surface area contributed by atoms with Crippen molar-refractivity contribution in [2.75, 3.05) is 11.9 Å². The van der Waals surface area contributed by atoms with E-state index < -0.39 is 11.6 Å². The Labute approximate surface area is 123 Å². The predicted molar refractivity (Wildman–Crippen MR) is 80.7 cm³/mol. The second-order valence-corrected chi connectivity index (χ2v) is 5.00. The molecule has 0 aromatic heterocycles. The summed E-state index contributed by atoms with van der Waals surface area (Å²) < 4.78 is 32.2. The van der Waals surface area contributed by atoms with Gasteiger partial charge >= 0.3 is 0 Å². The lowest BCUT2D eigenvalue weighted by Crippen LogP contribution is -2.09. The van der Waals surface area contributed by atoms with E-state index in [1.54, 1.807) is 0 Å². The minimum atomic E-state index is -0.576. The molecule has 4 heteroatoms. The third-order valence-corrected chi connectivity index (χ3v) is 3.19. The standard InChI is InChI=1S/C17H19F2NO/c1-4-21-17-7-11(2)5-6-16(17)20-12(3)13-8-14(18)10-15(19)9-13/h5-10,12,20H,4H2,1-3H3. The van der Waals surface area contributed by atoms with Gasteiger partial charge in [0.15, 0.2) is 0 Å². The topological polar surface area (TPSA) is 21.3 Å². The lowest BCUT2D eigenvalue weighted by molar-refractivity contribution is 0.341. The van der Waals surface area contributed by atoms with Gasteiger partial charge in [-0.3, -0.25) is 0 Å². The van der Waals surface area contributed by atoms with Crippen molar-refractivity contribution in [2.24, 2.45) is 0 Å². The van der Waals surface area contributed by atoms with Crippen LogP contribution in [0.4, 0.5) is 14.5 Å². The highest BCUT2D eigenvalue weighted by Gasteiger charge is 2.11. The Morgan fingerprint density at radius 3 is 2.38 bits per heavy atom. The average Bonchev–Trinajstić information content (AvgIpc) is 2.41. The largest absolute Gasteiger partial charge is 0.492 e. The van der Waals surface area contributed by atoms with E-state index >= 15 is 0 Å². The van der Waals surface area contributed by atoms with Gasteiger partial charge in [0.25, 0.3) is 0 Å². The highest BCUT2D eigenvalue weighted by molar-refractivity contribution is 5.58. The number of halogens is 2. The first-order chi connectivity index (χ1) is 9.99. The molecular weight excluding hydrogens is 272 g/mol. The summed E-state index contributed by atoms with van der Waals surface area (Å²) in [6.45, 7) is 6.31. The smallest absolute Gasteiger partial charge is 0.142 e. The normalized spacial score (nSPS) is 12.0. The van der Waals surface area contributed by atoms with Gasteiger partial charge in [-0.05, 0) is 56.2 Å². The van der Waals surface area contributed by atoms with Crippen LogP contribution in [0.1, 0.15) is 31.0 Å². The van der Waals surface area contributed by atoms with Crippen molar-refractivity contribution in [1.82, 2.24) is 0 Å². The van der Waals surface area contributed by atoms with Gasteiger partial charge in [-0.1, -0.05) is 6.07 Å². The van der Waals surface area contributed by atoms with E-state index in [1.165, 1.54) is 12.1 Å². The summed E-state index contributed by atoms with van der Waals surface area (Å²) in [5.41, 5.74) is 2.45. The van der Waals surface area contributed by atoms with Crippen molar-refractivity contribution in [1.29, 1.82) is 0 Å². The van der Waals surface area contributed by atoms with Crippen molar-refractivity contribution < 1.29 is 13.5 Å². The average molecular weight is 291 g/mol. The highest BCUT2D eigenvalue weighted by atomic mass is 19.1. The number of rotatable bonds is 5. The number of anilines is 1. The maximum Gasteiger partial charge on any atom is 0.142 e. The van der Waals surface area contributed by atoms with Crippen LogP contribution in [-0.4, -0.2) is 6.61 Å². The van der Waals surface area contributed by atoms with Gasteiger partial charge in [-0.25, -0.2) is 8.78 Å². The second kappa shape index (κ2) is 6.57. The lowest BCUT2D eigenvalue weighted by Gasteiger charge is -2.19. The van der Waals surface area contributed by atoms with Crippen LogP contribution in [0.3, 0.4) is 0 Å². The van der Waals surface area contributed by atoms with Gasteiger partial charge in [0, 0.05) is 12.1 Å². The fourth-order valence-corrected chi connectivity index (χ4v) is 2.17. The van der Waals surface area contributed by atoms with Gasteiger partial charge in [0.1, 0.15) is 17.4 Å². The van der Waals surface area contributed by atoms with Crippen LogP contribution in [0.5, 0.6) is 5.75 Å². The Hall–Kier alpha value is -2.10. The molecule has 2 rings (SSSR count). The third kappa shape index (κ3) is 3.94. The molecule has 0 aliphatic rings. The third-order valence-electron chi connectivity index (χ3n) is 3.19. The highest BCUT2D eigenvalue weighted by Crippen LogP contribution is 2.29. The molecule has 0 amide bonds. The van der Waals surface area contributed by atoms with Crippen LogP contribution >= 0.6 is 0 Å². The van der Waals surface area contributed by atoms with E-state index in [1.807, 2.05) is 39.0 Å². The zero-order valence-corrected chi connectivity index (χ0v) is 12.4. The number of hydrogen-bond acceptors (Lipinski definition) is 2. The zero-order chi connectivity index (χ0) is 15.4. The fraction of sp³-hybridized carbons (Fsp3) is 0.294. The number of nitrogens with one attached hydrogen (secondary N) is 1. The van der Waals surface area contributed by atoms with Crippen molar-refractivity contribution in [3.05, 3.63) is 59.2 Å². The van der Waals surface area contributed by atoms with Crippen molar-refractivity contribution >= 4 is 5.69 Å². The predicted octanol–water partition coefficient (Wildman–Crippen LogP) is 4.85. The Morgan fingerprint density at radius 1 is 1.10 bits per heavy atom. The molecule has 0 spiro atoms. The molecule has 0 saturated carbocycles. The van der Waals surface area contributed by atoms with Crippen LogP contribution in [0.15, 0.2) is 36.4 Å². The minimum absolute atomic E-state index is 0.239. The molecule has 0 aliphatic heterocycles. The molecule has 0 radical (unpaired) electrons. The first-order valence-corrected chi connectivity index (χ1v) is 6.95. The second-order valence-electron chi connectivity index (χ2n) is 5.00. The zero-order valence-electron chi connectivity index (χ0n) is 12.4. The Bertz CT molecular complexity index is 608. The summed E-state index contributed by atoms with van der Waals surface area (Å²) in [5, 5.41) is 3.23. The Morgan fingerprint density at radius 2 is 1.76 bits per heavy atom. The van der Waals surface area contributed by atoms with Crippen LogP contribution in [0.25, 0.3) is 0 Å². The molecule has 0 saturated heterocycles. The minimum Gasteiger partial charge on any atom is -0.492 e. The van der Waals surface area contributed by atoms with Gasteiger partial charge in [-0.15, -0.1) is 0 Å². The molecule has 0 aliphatic carbocycles. The molecule has 0 heterocycles. The number of ether oxygens (including phenoxy) is 1. The SMILES string of the molecule is CCOc1cc(C)ccc1NC(C)c1cc(F)cc(F)c1. The van der Waals surface area contributed by atoms with Gasteiger partial charge in [0.05, 0.1) is 12.3 Å². The number of hydrogen-bond donors (Lipinski definition) is 1. The van der Waals surface area contributed by atoms with Crippen LogP contribution in [0, 0.1) is 18.6 Å². The van der Waals surface area contributed by atoms with Gasteiger partial charge < -0.3 is 10.1 Å². The van der Waals surface area contributed by atoms with E-state index in [0.717, 1.165) is 23.1 Å². The van der Waals surface area contributed by atoms with E-state index in [2.05, 4.69) is 5.32 Å². The van der Waals surface area contributed by atoms with Crippen LogP contribution in [0.2, 0.25) is 0 Å². The molecule has 112 valence electrons. The fourth-order valence-electron chi connectivity index (χ4n) is 2.17. The van der Waals surface area contributed by atoms with Crippen molar-refractivity contribution in [3.63, 3.8) is 0 Å². The van der Waals surface area contributed by atoms with E-state index in [4.69, 9.17) is 4.74 Å². The van der Waals surface area contributed by atoms with Gasteiger partial charge in [0.2, 0.25) is 0 Å². The van der Waals surface area contributed by atoms with Crippen molar-refractivity contribution in [3.8, 4) is 5.75 Å². The van der Waals surface area contributed by atoms with Gasteiger partial charge in [-0.2, -0.15) is 0 Å². The molecule has 1 unspecified atom stereocenters. The lowest BCUT2D eigenvalue weighted by atomic mass is 10.1. The molecule has 2 aromatic carbocycles. The van der Waals surface area contributed by atoms with Crippen LogP contribution < -0.4 is 10.1 Å². The molecule has 1 N–H and O–H groups in total. The summed E-state index contributed by atoms with van der Waals surface area (Å²) >= 11 is 0. The molecular formula is C17H19F2NO. The van der Waals surface area contributed by atoms with E-state index in [-0.39, 0.29) is 6.04 Å². The van der Waals surface area contributed by atoms with E-state index in [0.29, 0.717) is 12.2 Å². The molecule has 2 aromatic rings. The maximum atomic E-state index is 13.3. The summed E-state index contributed by atoms with van der Waals surface area (Å²) in [5.74, 6) is -0.415.